The Morgan fingerprint density at radius 3 is 2.18 bits per heavy atom. The molecule has 3 aliphatic rings. The van der Waals surface area contributed by atoms with Crippen LogP contribution < -0.4 is 36.9 Å². The number of halogens is 2. The number of hydrogen-bond acceptors (Lipinski definition) is 11. The first-order valence-electron chi connectivity index (χ1n) is 21.3. The second-order valence-corrected chi connectivity index (χ2v) is 18.9. The van der Waals surface area contributed by atoms with Crippen molar-refractivity contribution in [3.05, 3.63) is 149 Å². The SMILES string of the molecule is CC(C)(C)OC(=O)N[C@@H]1C(=O)N2C(C(=O)OC(c3ccccc3)c3ccccc3)=C(/C=C3\CCN(Cc4ccc[n+](CC(=O)Nc5ccc(OC(=O)OC(C)(C)C)c(F)c5)c4)C3=O)CS[C@H]12.[Br-]. The molecule has 1 aromatic heterocycles. The summed E-state index contributed by atoms with van der Waals surface area (Å²) in [5.41, 5.74) is 1.57. The highest BCUT2D eigenvalue weighted by atomic mass is 79.9. The van der Waals surface area contributed by atoms with Gasteiger partial charge in [-0.2, -0.15) is 4.57 Å². The van der Waals surface area contributed by atoms with Gasteiger partial charge < -0.3 is 51.5 Å². The zero-order chi connectivity index (χ0) is 47.3. The van der Waals surface area contributed by atoms with E-state index in [1.54, 1.807) is 75.5 Å². The Morgan fingerprint density at radius 2 is 1.55 bits per heavy atom. The van der Waals surface area contributed by atoms with Gasteiger partial charge in [0.05, 0.1) is 6.54 Å². The zero-order valence-corrected chi connectivity index (χ0v) is 40.2. The maximum atomic E-state index is 14.7. The van der Waals surface area contributed by atoms with Gasteiger partial charge in [0.2, 0.25) is 12.5 Å². The van der Waals surface area contributed by atoms with Crippen molar-refractivity contribution in [2.75, 3.05) is 17.6 Å². The maximum Gasteiger partial charge on any atom is 0.514 e. The van der Waals surface area contributed by atoms with E-state index >= 15 is 0 Å². The van der Waals surface area contributed by atoms with Crippen molar-refractivity contribution in [2.24, 2.45) is 0 Å². The molecule has 4 amide bonds. The highest BCUT2D eigenvalue weighted by molar-refractivity contribution is 8.00. The molecule has 3 aliphatic heterocycles. The lowest BCUT2D eigenvalue weighted by molar-refractivity contribution is -0.684. The normalized spacial score (nSPS) is 17.6. The van der Waals surface area contributed by atoms with Crippen LogP contribution in [0.3, 0.4) is 0 Å². The number of nitrogens with zero attached hydrogens (tertiary/aromatic N) is 3. The number of rotatable bonds is 12. The number of likely N-dealkylation sites (tertiary alicyclic amines) is 1. The van der Waals surface area contributed by atoms with Gasteiger partial charge in [-0.1, -0.05) is 60.7 Å². The van der Waals surface area contributed by atoms with Crippen molar-refractivity contribution in [2.45, 2.75) is 89.8 Å². The fourth-order valence-electron chi connectivity index (χ4n) is 7.46. The number of carbonyl (C=O) groups excluding carboxylic acids is 6. The third-order valence-corrected chi connectivity index (χ3v) is 11.6. The Hall–Kier alpha value is -6.53. The van der Waals surface area contributed by atoms with Gasteiger partial charge in [0.15, 0.2) is 30.1 Å². The van der Waals surface area contributed by atoms with Crippen LogP contribution in [0, 0.1) is 5.82 Å². The topological polar surface area (TPSA) is 174 Å². The number of ether oxygens (including phenoxy) is 4. The monoisotopic (exact) mass is 999 g/mol. The molecule has 4 aromatic rings. The molecular formula is C49H51BrFN5O10S. The van der Waals surface area contributed by atoms with E-state index in [0.717, 1.165) is 22.8 Å². The molecule has 0 spiro atoms. The maximum absolute atomic E-state index is 14.7. The first kappa shape index (κ1) is 49.9. The number of fused-ring (bicyclic) bond motifs is 1. The number of benzene rings is 3. The van der Waals surface area contributed by atoms with Gasteiger partial charge in [0.25, 0.3) is 11.8 Å². The average molecular weight is 1000 g/mol. The van der Waals surface area contributed by atoms with Gasteiger partial charge in [-0.3, -0.25) is 19.3 Å². The molecule has 67 heavy (non-hydrogen) atoms. The molecule has 2 atom stereocenters. The third kappa shape index (κ3) is 12.7. The summed E-state index contributed by atoms with van der Waals surface area (Å²) in [6.07, 6.45) is 2.81. The van der Waals surface area contributed by atoms with E-state index in [9.17, 15) is 33.2 Å². The van der Waals surface area contributed by atoms with Crippen molar-refractivity contribution in [3.8, 4) is 5.75 Å². The molecule has 3 aromatic carbocycles. The van der Waals surface area contributed by atoms with Crippen LogP contribution in [0.5, 0.6) is 5.75 Å². The molecule has 0 aliphatic carbocycles. The first-order valence-corrected chi connectivity index (χ1v) is 22.3. The van der Waals surface area contributed by atoms with Crippen molar-refractivity contribution in [1.82, 2.24) is 15.1 Å². The number of nitrogens with one attached hydrogen (secondary N) is 2. The quantitative estimate of drug-likeness (QED) is 0.0523. The summed E-state index contributed by atoms with van der Waals surface area (Å²) >= 11 is 1.35. The van der Waals surface area contributed by atoms with Crippen LogP contribution in [0.1, 0.15) is 70.8 Å². The van der Waals surface area contributed by atoms with Crippen LogP contribution in [0.25, 0.3) is 0 Å². The lowest BCUT2D eigenvalue weighted by Gasteiger charge is -2.49. The number of thioether (sulfide) groups is 1. The van der Waals surface area contributed by atoms with Crippen LogP contribution >= 0.6 is 11.8 Å². The Bertz CT molecular complexity index is 2560. The number of alkyl carbamates (subject to hydrolysis) is 1. The molecule has 0 unspecified atom stereocenters. The summed E-state index contributed by atoms with van der Waals surface area (Å²) in [4.78, 5) is 83.1. The number of hydrogen-bond donors (Lipinski definition) is 2. The minimum absolute atomic E-state index is 0. The number of pyridine rings is 1. The van der Waals surface area contributed by atoms with Gasteiger partial charge in [-0.25, -0.2) is 18.8 Å². The summed E-state index contributed by atoms with van der Waals surface area (Å²) in [7, 11) is 0. The van der Waals surface area contributed by atoms with E-state index in [-0.39, 0.29) is 58.9 Å². The van der Waals surface area contributed by atoms with Crippen molar-refractivity contribution in [3.63, 3.8) is 0 Å². The lowest BCUT2D eigenvalue weighted by atomic mass is 10.00. The minimum atomic E-state index is -1.06. The van der Waals surface area contributed by atoms with Crippen LogP contribution in [0.15, 0.2) is 126 Å². The zero-order valence-electron chi connectivity index (χ0n) is 37.7. The van der Waals surface area contributed by atoms with Crippen LogP contribution in [0.4, 0.5) is 19.7 Å². The highest BCUT2D eigenvalue weighted by Gasteiger charge is 2.55. The summed E-state index contributed by atoms with van der Waals surface area (Å²) in [6, 6.07) is 24.7. The Morgan fingerprint density at radius 1 is 0.896 bits per heavy atom. The fraction of sp³-hybridized carbons (Fsp3) is 0.327. The van der Waals surface area contributed by atoms with Gasteiger partial charge in [0, 0.05) is 41.3 Å². The Kier molecular flexibility index (Phi) is 15.6. The number of allylic oxidation sites excluding steroid dienone is 1. The fourth-order valence-corrected chi connectivity index (χ4v) is 8.77. The van der Waals surface area contributed by atoms with E-state index in [4.69, 9.17) is 18.9 Å². The van der Waals surface area contributed by atoms with Gasteiger partial charge in [-0.05, 0) is 88.9 Å². The summed E-state index contributed by atoms with van der Waals surface area (Å²) in [5, 5.41) is 4.66. The molecule has 2 saturated heterocycles. The minimum Gasteiger partial charge on any atom is -1.00 e. The molecule has 7 rings (SSSR count). The second kappa shape index (κ2) is 21.0. The number of aromatic nitrogens is 1. The van der Waals surface area contributed by atoms with Gasteiger partial charge in [-0.15, -0.1) is 11.8 Å². The Labute approximate surface area is 402 Å². The number of β-lactam (4-membered cyclic amide) rings is 1. The molecule has 352 valence electrons. The van der Waals surface area contributed by atoms with Crippen molar-refractivity contribution < 1.29 is 73.7 Å². The second-order valence-electron chi connectivity index (χ2n) is 17.8. The van der Waals surface area contributed by atoms with E-state index in [0.29, 0.717) is 24.1 Å². The molecule has 15 nitrogen and oxygen atoms in total. The van der Waals surface area contributed by atoms with E-state index in [2.05, 4.69) is 10.6 Å². The predicted molar refractivity (Wildman–Crippen MR) is 241 cm³/mol. The number of carbonyl (C=O) groups is 6. The summed E-state index contributed by atoms with van der Waals surface area (Å²) in [5.74, 6) is -2.98. The summed E-state index contributed by atoms with van der Waals surface area (Å²) in [6.45, 7) is 10.6. The lowest BCUT2D eigenvalue weighted by Crippen LogP contribution is -3.00. The number of anilines is 1. The molecule has 4 heterocycles. The highest BCUT2D eigenvalue weighted by Crippen LogP contribution is 2.43. The van der Waals surface area contributed by atoms with Crippen LogP contribution in [0.2, 0.25) is 0 Å². The molecule has 0 bridgehead atoms. The smallest absolute Gasteiger partial charge is 0.514 e. The molecular weight excluding hydrogens is 950 g/mol. The summed E-state index contributed by atoms with van der Waals surface area (Å²) < 4.78 is 38.1. The molecule has 0 saturated carbocycles. The molecule has 2 N–H and O–H groups in total. The Balaban J connectivity index is 0.00000741. The molecule has 2 fully saturated rings. The molecule has 0 radical (unpaired) electrons. The first-order chi connectivity index (χ1) is 31.3. The van der Waals surface area contributed by atoms with Gasteiger partial charge >= 0.3 is 18.2 Å². The van der Waals surface area contributed by atoms with Crippen molar-refractivity contribution >= 4 is 53.4 Å². The molecule has 18 heteroatoms. The van der Waals surface area contributed by atoms with Gasteiger partial charge in [0.1, 0.15) is 28.3 Å². The van der Waals surface area contributed by atoms with Crippen LogP contribution in [-0.2, 0) is 46.5 Å². The van der Waals surface area contributed by atoms with E-state index < -0.39 is 64.6 Å². The predicted octanol–water partition coefficient (Wildman–Crippen LogP) is 4.12. The number of amides is 4. The third-order valence-electron chi connectivity index (χ3n) is 10.3. The van der Waals surface area contributed by atoms with E-state index in [1.807, 2.05) is 66.7 Å². The largest absolute Gasteiger partial charge is 1.00 e. The average Bonchev–Trinajstić information content (AvgIpc) is 3.59. The number of esters is 1. The van der Waals surface area contributed by atoms with Crippen molar-refractivity contribution in [1.29, 1.82) is 0 Å². The van der Waals surface area contributed by atoms with Crippen LogP contribution in [-0.4, -0.2) is 80.7 Å². The standard InChI is InChI=1S/C49H50FN5O10S.BrH/c1-48(2,3)64-46(60)52-39-43(58)55-40(45(59)63-41(31-15-9-7-10-16-31)32-17-11-8-12-18-32)34(29-66-44(39)55)24-33-21-23-54(42(33)57)27-30-14-13-22-53(26-30)28-38(56)51-35-19-20-37(36(50)25-35)62-47(61)65-49(4,5)6;/h7-20,22,24-26,39,41,44H,21,23,27-29H2,1-6H3,(H-,51,52,56,60);1H/b33-24+;/t39-,44-;/m1./s1. The van der Waals surface area contributed by atoms with E-state index in [1.165, 1.54) is 28.8 Å².